The smallest absolute Gasteiger partial charge is 0.283 e. The molecular formula is C26H19Cl4FN2O4S. The molecule has 38 heavy (non-hydrogen) atoms. The van der Waals surface area contributed by atoms with Crippen molar-refractivity contribution in [1.29, 1.82) is 0 Å². The van der Waals surface area contributed by atoms with Crippen LogP contribution in [0.5, 0.6) is 5.75 Å². The number of benzene rings is 2. The van der Waals surface area contributed by atoms with Crippen LogP contribution in [0.25, 0.3) is 0 Å². The maximum Gasteiger partial charge on any atom is 0.283 e. The standard InChI is InChI=1S/C26H19Cl4FN2O4S/c27-17-6-7-25(37-14-15-4-5-18(28)13-23(15)31)16(8-17)9-21-2-1-3-24(32-21)26(34)33-38(35,36)22-11-19(29)10-20(30)12-22/h1-8,10-11,13,22H,9,12,14H2,(H,33,34). The van der Waals surface area contributed by atoms with Crippen LogP contribution in [-0.4, -0.2) is 24.6 Å². The van der Waals surface area contributed by atoms with Crippen LogP contribution >= 0.6 is 46.4 Å². The summed E-state index contributed by atoms with van der Waals surface area (Å²) in [5, 5.41) is 0.0513. The van der Waals surface area contributed by atoms with Crippen molar-refractivity contribution in [1.82, 2.24) is 9.71 Å². The number of rotatable bonds is 8. The van der Waals surface area contributed by atoms with Gasteiger partial charge in [0.15, 0.2) is 0 Å². The van der Waals surface area contributed by atoms with E-state index in [0.717, 1.165) is 0 Å². The van der Waals surface area contributed by atoms with Gasteiger partial charge >= 0.3 is 0 Å². The number of sulfonamides is 1. The molecule has 0 bridgehead atoms. The molecule has 3 aromatic rings. The van der Waals surface area contributed by atoms with Crippen LogP contribution in [0.2, 0.25) is 10.0 Å². The van der Waals surface area contributed by atoms with Crippen LogP contribution in [-0.2, 0) is 23.1 Å². The van der Waals surface area contributed by atoms with E-state index in [1.165, 1.54) is 30.4 Å². The first kappa shape index (κ1) is 28.4. The molecule has 1 aliphatic carbocycles. The first-order valence-corrected chi connectivity index (χ1v) is 14.2. The quantitative estimate of drug-likeness (QED) is 0.302. The molecule has 2 aromatic carbocycles. The Morgan fingerprint density at radius 1 is 1.03 bits per heavy atom. The summed E-state index contributed by atoms with van der Waals surface area (Å²) in [7, 11) is -4.12. The Morgan fingerprint density at radius 3 is 2.50 bits per heavy atom. The van der Waals surface area contributed by atoms with Gasteiger partial charge in [-0.3, -0.25) is 4.79 Å². The molecule has 1 N–H and O–H groups in total. The number of allylic oxidation sites excluding steroid dienone is 3. The highest BCUT2D eigenvalue weighted by atomic mass is 35.5. The molecule has 1 heterocycles. The van der Waals surface area contributed by atoms with Crippen molar-refractivity contribution >= 4 is 62.3 Å². The molecule has 0 saturated carbocycles. The number of ether oxygens (including phenoxy) is 1. The third-order valence-corrected chi connectivity index (χ3v) is 8.04. The second-order valence-electron chi connectivity index (χ2n) is 8.33. The normalized spacial score (nSPS) is 15.4. The van der Waals surface area contributed by atoms with Gasteiger partial charge in [-0.25, -0.2) is 22.5 Å². The first-order chi connectivity index (χ1) is 18.0. The van der Waals surface area contributed by atoms with Crippen LogP contribution in [0, 0.1) is 5.82 Å². The molecule has 0 fully saturated rings. The number of aromatic nitrogens is 1. The van der Waals surface area contributed by atoms with Gasteiger partial charge in [0.1, 0.15) is 29.1 Å². The predicted octanol–water partition coefficient (Wildman–Crippen LogP) is 6.77. The molecule has 1 atom stereocenters. The Morgan fingerprint density at radius 2 is 1.76 bits per heavy atom. The Balaban J connectivity index is 1.50. The van der Waals surface area contributed by atoms with E-state index in [1.54, 1.807) is 36.4 Å². The predicted molar refractivity (Wildman–Crippen MR) is 147 cm³/mol. The molecule has 1 aliphatic rings. The van der Waals surface area contributed by atoms with Gasteiger partial charge in [0.25, 0.3) is 5.91 Å². The van der Waals surface area contributed by atoms with Gasteiger partial charge in [-0.15, -0.1) is 0 Å². The average molecular weight is 616 g/mol. The molecule has 4 rings (SSSR count). The zero-order chi connectivity index (χ0) is 27.4. The van der Waals surface area contributed by atoms with Crippen molar-refractivity contribution < 1.29 is 22.3 Å². The fourth-order valence-corrected chi connectivity index (χ4v) is 6.04. The lowest BCUT2D eigenvalue weighted by Gasteiger charge is -2.18. The SMILES string of the molecule is O=C(NS(=O)(=O)C1C=C(Cl)C=C(Cl)C1)c1cccc(Cc2cc(Cl)ccc2OCc2ccc(Cl)cc2F)n1. The second kappa shape index (κ2) is 12.1. The van der Waals surface area contributed by atoms with Gasteiger partial charge in [0.2, 0.25) is 10.0 Å². The summed E-state index contributed by atoms with van der Waals surface area (Å²) in [6, 6.07) is 13.9. The van der Waals surface area contributed by atoms with Crippen LogP contribution in [0.4, 0.5) is 4.39 Å². The van der Waals surface area contributed by atoms with E-state index in [9.17, 15) is 17.6 Å². The highest BCUT2D eigenvalue weighted by Gasteiger charge is 2.29. The Bertz CT molecular complexity index is 1560. The van der Waals surface area contributed by atoms with Gasteiger partial charge < -0.3 is 4.74 Å². The zero-order valence-corrected chi connectivity index (χ0v) is 23.3. The Labute approximate surface area is 239 Å². The number of nitrogens with zero attached hydrogens (tertiary/aromatic N) is 1. The van der Waals surface area contributed by atoms with Crippen LogP contribution in [0.3, 0.4) is 0 Å². The van der Waals surface area contributed by atoms with Gasteiger partial charge in [0, 0.05) is 49.8 Å². The van der Waals surface area contributed by atoms with E-state index in [4.69, 9.17) is 51.1 Å². The number of pyridine rings is 1. The van der Waals surface area contributed by atoms with E-state index in [2.05, 4.69) is 4.98 Å². The summed E-state index contributed by atoms with van der Waals surface area (Å²) in [6.07, 6.45) is 2.95. The minimum absolute atomic E-state index is 0.00861. The second-order valence-corrected chi connectivity index (χ2v) is 12.0. The number of hydrogen-bond donors (Lipinski definition) is 1. The van der Waals surface area contributed by atoms with Crippen LogP contribution in [0.1, 0.15) is 33.7 Å². The fraction of sp³-hybridized carbons (Fsp3) is 0.154. The Kier molecular flexibility index (Phi) is 9.00. The molecule has 0 saturated heterocycles. The maximum absolute atomic E-state index is 14.2. The van der Waals surface area contributed by atoms with Gasteiger partial charge in [-0.05, 0) is 54.6 Å². The highest BCUT2D eigenvalue weighted by molar-refractivity contribution is 7.90. The number of nitrogens with one attached hydrogen (secondary N) is 1. The lowest BCUT2D eigenvalue weighted by atomic mass is 10.1. The lowest BCUT2D eigenvalue weighted by molar-refractivity contribution is 0.0976. The largest absolute Gasteiger partial charge is 0.489 e. The van der Waals surface area contributed by atoms with Crippen LogP contribution < -0.4 is 9.46 Å². The van der Waals surface area contributed by atoms with Crippen molar-refractivity contribution in [2.45, 2.75) is 24.7 Å². The number of carbonyl (C=O) groups is 1. The number of carbonyl (C=O) groups excluding carboxylic acids is 1. The topological polar surface area (TPSA) is 85.4 Å². The molecule has 6 nitrogen and oxygen atoms in total. The Hall–Kier alpha value is -2.62. The molecule has 198 valence electrons. The summed E-state index contributed by atoms with van der Waals surface area (Å²) in [5.74, 6) is -0.954. The van der Waals surface area contributed by atoms with Crippen molar-refractivity contribution in [3.63, 3.8) is 0 Å². The average Bonchev–Trinajstić information content (AvgIpc) is 2.84. The number of hydrogen-bond acceptors (Lipinski definition) is 5. The molecular weight excluding hydrogens is 597 g/mol. The van der Waals surface area contributed by atoms with Gasteiger partial charge in [0.05, 0.1) is 0 Å². The van der Waals surface area contributed by atoms with Crippen molar-refractivity contribution in [3.8, 4) is 5.75 Å². The van der Waals surface area contributed by atoms with Gasteiger partial charge in [-0.1, -0.05) is 58.5 Å². The number of amides is 1. The molecule has 12 heteroatoms. The zero-order valence-electron chi connectivity index (χ0n) is 19.4. The summed E-state index contributed by atoms with van der Waals surface area (Å²) in [6.45, 7) is -0.0514. The maximum atomic E-state index is 14.2. The van der Waals surface area contributed by atoms with E-state index >= 15 is 0 Å². The highest BCUT2D eigenvalue weighted by Crippen LogP contribution is 2.28. The monoisotopic (exact) mass is 614 g/mol. The summed E-state index contributed by atoms with van der Waals surface area (Å²) in [5.41, 5.74) is 1.30. The molecule has 0 radical (unpaired) electrons. The lowest BCUT2D eigenvalue weighted by Crippen LogP contribution is -2.38. The fourth-order valence-electron chi connectivity index (χ4n) is 3.66. The first-order valence-electron chi connectivity index (χ1n) is 11.1. The van der Waals surface area contributed by atoms with E-state index < -0.39 is 27.0 Å². The molecule has 0 aliphatic heterocycles. The van der Waals surface area contributed by atoms with Crippen molar-refractivity contribution in [3.05, 3.63) is 115 Å². The minimum Gasteiger partial charge on any atom is -0.489 e. The van der Waals surface area contributed by atoms with Crippen molar-refractivity contribution in [2.24, 2.45) is 0 Å². The summed E-state index contributed by atoms with van der Waals surface area (Å²) < 4.78 is 47.5. The molecule has 0 spiro atoms. The van der Waals surface area contributed by atoms with Crippen LogP contribution in [0.15, 0.2) is 76.8 Å². The number of halogens is 5. The third-order valence-electron chi connectivity index (χ3n) is 5.50. The third kappa shape index (κ3) is 7.27. The summed E-state index contributed by atoms with van der Waals surface area (Å²) >= 11 is 23.9. The van der Waals surface area contributed by atoms with E-state index in [0.29, 0.717) is 27.6 Å². The van der Waals surface area contributed by atoms with E-state index in [-0.39, 0.29) is 40.2 Å². The van der Waals surface area contributed by atoms with Crippen molar-refractivity contribution in [2.75, 3.05) is 0 Å². The van der Waals surface area contributed by atoms with Gasteiger partial charge in [-0.2, -0.15) is 0 Å². The summed E-state index contributed by atoms with van der Waals surface area (Å²) in [4.78, 5) is 17.1. The molecule has 1 amide bonds. The molecule has 1 aromatic heterocycles. The van der Waals surface area contributed by atoms with E-state index in [1.807, 2.05) is 4.72 Å². The molecule has 1 unspecified atom stereocenters. The minimum atomic E-state index is -4.12.